The molecule has 0 aliphatic heterocycles. The molecule has 2 aromatic carbocycles. The summed E-state index contributed by atoms with van der Waals surface area (Å²) in [6, 6.07) is 2.12. The van der Waals surface area contributed by atoms with E-state index < -0.39 is 60.8 Å². The van der Waals surface area contributed by atoms with Crippen LogP contribution >= 0.6 is 0 Å². The molecule has 0 aliphatic rings. The van der Waals surface area contributed by atoms with Gasteiger partial charge in [0, 0.05) is 18.2 Å². The highest BCUT2D eigenvalue weighted by Crippen LogP contribution is 2.44. The zero-order chi connectivity index (χ0) is 20.5. The van der Waals surface area contributed by atoms with Crippen molar-refractivity contribution in [1.29, 1.82) is 0 Å². The lowest BCUT2D eigenvalue weighted by Gasteiger charge is -2.15. The molecule has 0 atom stereocenters. The van der Waals surface area contributed by atoms with Gasteiger partial charge in [-0.15, -0.1) is 0 Å². The molecule has 27 heavy (non-hydrogen) atoms. The van der Waals surface area contributed by atoms with E-state index in [1.54, 1.807) is 5.32 Å². The monoisotopic (exact) mass is 390 g/mol. The van der Waals surface area contributed by atoms with Gasteiger partial charge in [-0.1, -0.05) is 0 Å². The van der Waals surface area contributed by atoms with Crippen LogP contribution in [0, 0.1) is 36.2 Å². The van der Waals surface area contributed by atoms with E-state index in [1.807, 2.05) is 0 Å². The summed E-state index contributed by atoms with van der Waals surface area (Å²) in [6.45, 7) is 0. The molecule has 2 rings (SSSR count). The molecule has 0 aromatic heterocycles. The lowest BCUT2D eigenvalue weighted by Crippen LogP contribution is -2.12. The van der Waals surface area contributed by atoms with E-state index in [2.05, 4.69) is 0 Å². The van der Waals surface area contributed by atoms with Crippen LogP contribution in [0.4, 0.5) is 46.0 Å². The smallest absolute Gasteiger partial charge is 0.347 e. The molecule has 0 bridgehead atoms. The highest BCUT2D eigenvalue weighted by atomic mass is 19.4. The molecule has 2 aromatic rings. The second-order valence-corrected chi connectivity index (χ2v) is 4.95. The van der Waals surface area contributed by atoms with Gasteiger partial charge in [0.1, 0.15) is 11.5 Å². The van der Waals surface area contributed by atoms with Gasteiger partial charge in [-0.3, -0.25) is 30.3 Å². The molecule has 0 saturated heterocycles. The second kappa shape index (κ2) is 6.81. The molecule has 14 heteroatoms. The van der Waals surface area contributed by atoms with Crippen LogP contribution in [0.15, 0.2) is 30.3 Å². The Bertz CT molecular complexity index is 963. The van der Waals surface area contributed by atoms with Crippen LogP contribution in [-0.4, -0.2) is 14.8 Å². The fraction of sp³-hybridized carbons (Fsp3) is 0.0769. The molecule has 10 nitrogen and oxygen atoms in total. The van der Waals surface area contributed by atoms with Crippen molar-refractivity contribution in [2.45, 2.75) is 6.18 Å². The van der Waals surface area contributed by atoms with Crippen LogP contribution in [0.3, 0.4) is 0 Å². The number of halogens is 4. The van der Waals surface area contributed by atoms with Crippen molar-refractivity contribution in [3.05, 3.63) is 72.1 Å². The van der Waals surface area contributed by atoms with Crippen molar-refractivity contribution >= 4 is 28.4 Å². The van der Waals surface area contributed by atoms with Crippen LogP contribution in [0.2, 0.25) is 0 Å². The average molecular weight is 390 g/mol. The van der Waals surface area contributed by atoms with Crippen molar-refractivity contribution in [2.75, 3.05) is 5.32 Å². The molecule has 142 valence electrons. The zero-order valence-corrected chi connectivity index (χ0v) is 12.7. The highest BCUT2D eigenvalue weighted by Gasteiger charge is 2.40. The summed E-state index contributed by atoms with van der Waals surface area (Å²) in [5.74, 6) is -1.23. The fourth-order valence-corrected chi connectivity index (χ4v) is 2.07. The van der Waals surface area contributed by atoms with E-state index in [1.165, 1.54) is 0 Å². The maximum atomic E-state index is 13.8. The first-order valence-corrected chi connectivity index (χ1v) is 6.66. The van der Waals surface area contributed by atoms with Gasteiger partial charge < -0.3 is 5.32 Å². The van der Waals surface area contributed by atoms with Gasteiger partial charge in [-0.2, -0.15) is 13.2 Å². The number of hydrogen-bond donors (Lipinski definition) is 1. The molecule has 0 radical (unpaired) electrons. The van der Waals surface area contributed by atoms with Crippen LogP contribution in [0.5, 0.6) is 0 Å². The summed E-state index contributed by atoms with van der Waals surface area (Å²) in [5.41, 5.74) is -7.22. The number of non-ortho nitro benzene ring substituents is 2. The van der Waals surface area contributed by atoms with E-state index in [0.29, 0.717) is 12.1 Å². The van der Waals surface area contributed by atoms with E-state index in [4.69, 9.17) is 0 Å². The van der Waals surface area contributed by atoms with Gasteiger partial charge in [-0.05, 0) is 6.07 Å². The van der Waals surface area contributed by atoms with Crippen molar-refractivity contribution in [2.24, 2.45) is 0 Å². The topological polar surface area (TPSA) is 141 Å². The Balaban J connectivity index is 2.75. The maximum absolute atomic E-state index is 13.8. The molecule has 0 unspecified atom stereocenters. The lowest BCUT2D eigenvalue weighted by atomic mass is 10.1. The normalized spacial score (nSPS) is 11.1. The minimum Gasteiger partial charge on any atom is -0.347 e. The minimum atomic E-state index is -5.28. The summed E-state index contributed by atoms with van der Waals surface area (Å²) in [7, 11) is 0. The SMILES string of the molecule is O=[N+]([O-])c1ccc(F)c(Nc2c([N+](=O)[O-])cc([N+](=O)[O-])cc2C(F)(F)F)c1. The van der Waals surface area contributed by atoms with Gasteiger partial charge in [0.05, 0.1) is 32.1 Å². The number of nitro benzene ring substituents is 3. The van der Waals surface area contributed by atoms with Crippen LogP contribution < -0.4 is 5.32 Å². The molecular weight excluding hydrogens is 384 g/mol. The summed E-state index contributed by atoms with van der Waals surface area (Å²) in [5, 5.41) is 34.4. The van der Waals surface area contributed by atoms with E-state index in [0.717, 1.165) is 6.07 Å². The Morgan fingerprint density at radius 1 is 0.852 bits per heavy atom. The Labute approximate surface area is 145 Å². The van der Waals surface area contributed by atoms with Gasteiger partial charge in [-0.25, -0.2) is 4.39 Å². The summed E-state index contributed by atoms with van der Waals surface area (Å²) in [6.07, 6.45) is -5.28. The number of nitrogens with zero attached hydrogens (tertiary/aromatic N) is 3. The number of rotatable bonds is 5. The first-order valence-electron chi connectivity index (χ1n) is 6.66. The summed E-state index contributed by atoms with van der Waals surface area (Å²) >= 11 is 0. The zero-order valence-electron chi connectivity index (χ0n) is 12.7. The van der Waals surface area contributed by atoms with Crippen LogP contribution in [0.1, 0.15) is 5.56 Å². The Morgan fingerprint density at radius 2 is 1.44 bits per heavy atom. The standard InChI is InChI=1S/C13H6F4N4O6/c14-9-2-1-6(19(22)23)4-10(9)18-12-8(13(15,16)17)3-7(20(24)25)5-11(12)21(26)27/h1-5,18H. The molecule has 0 fully saturated rings. The van der Waals surface area contributed by atoms with Crippen molar-refractivity contribution in [3.8, 4) is 0 Å². The molecule has 0 aliphatic carbocycles. The van der Waals surface area contributed by atoms with Gasteiger partial charge in [0.15, 0.2) is 0 Å². The molecular formula is C13H6F4N4O6. The average Bonchev–Trinajstić information content (AvgIpc) is 2.55. The van der Waals surface area contributed by atoms with Crippen LogP contribution in [-0.2, 0) is 6.18 Å². The highest BCUT2D eigenvalue weighted by molar-refractivity contribution is 5.77. The molecule has 0 spiro atoms. The number of benzene rings is 2. The van der Waals surface area contributed by atoms with Crippen LogP contribution in [0.25, 0.3) is 0 Å². The van der Waals surface area contributed by atoms with E-state index >= 15 is 0 Å². The Hall–Kier alpha value is -3.84. The number of nitro groups is 3. The number of hydrogen-bond acceptors (Lipinski definition) is 7. The van der Waals surface area contributed by atoms with Crippen molar-refractivity contribution < 1.29 is 32.3 Å². The minimum absolute atomic E-state index is 0.0323. The van der Waals surface area contributed by atoms with E-state index in [9.17, 15) is 47.9 Å². The summed E-state index contributed by atoms with van der Waals surface area (Å²) < 4.78 is 53.6. The molecule has 0 saturated carbocycles. The number of alkyl halides is 3. The second-order valence-electron chi connectivity index (χ2n) is 4.95. The lowest BCUT2D eigenvalue weighted by molar-refractivity contribution is -0.394. The molecule has 0 heterocycles. The third-order valence-electron chi connectivity index (χ3n) is 3.24. The van der Waals surface area contributed by atoms with Gasteiger partial charge in [0.2, 0.25) is 0 Å². The molecule has 0 amide bonds. The fourth-order valence-electron chi connectivity index (χ4n) is 2.07. The predicted octanol–water partition coefficient (Wildman–Crippen LogP) is 4.31. The van der Waals surface area contributed by atoms with Gasteiger partial charge in [0.25, 0.3) is 17.1 Å². The number of anilines is 2. The summed E-state index contributed by atoms with van der Waals surface area (Å²) in [4.78, 5) is 29.0. The Kier molecular flexibility index (Phi) is 4.92. The first-order chi connectivity index (χ1) is 12.4. The van der Waals surface area contributed by atoms with Crippen molar-refractivity contribution in [3.63, 3.8) is 0 Å². The van der Waals surface area contributed by atoms with Gasteiger partial charge >= 0.3 is 6.18 Å². The first kappa shape index (κ1) is 19.5. The maximum Gasteiger partial charge on any atom is 0.418 e. The number of nitrogens with one attached hydrogen (secondary N) is 1. The quantitative estimate of drug-likeness (QED) is 0.455. The Morgan fingerprint density at radius 3 is 1.93 bits per heavy atom. The molecule has 1 N–H and O–H groups in total. The third kappa shape index (κ3) is 4.05. The van der Waals surface area contributed by atoms with E-state index in [-0.39, 0.29) is 12.1 Å². The third-order valence-corrected chi connectivity index (χ3v) is 3.24. The van der Waals surface area contributed by atoms with Crippen molar-refractivity contribution in [1.82, 2.24) is 0 Å². The predicted molar refractivity (Wildman–Crippen MR) is 81.1 cm³/mol. The largest absolute Gasteiger partial charge is 0.418 e.